The van der Waals surface area contributed by atoms with Gasteiger partial charge >= 0.3 is 0 Å². The zero-order valence-electron chi connectivity index (χ0n) is 14.2. The zero-order chi connectivity index (χ0) is 18.4. The zero-order valence-corrected chi connectivity index (χ0v) is 14.2. The molecule has 1 aromatic carbocycles. The van der Waals surface area contributed by atoms with Crippen LogP contribution in [-0.2, 0) is 11.3 Å². The van der Waals surface area contributed by atoms with E-state index in [9.17, 15) is 14.3 Å². The lowest BCUT2D eigenvalue weighted by Crippen LogP contribution is -2.59. The number of aliphatic hydroxyl groups is 3. The molecule has 7 nitrogen and oxygen atoms in total. The molecule has 4 N–H and O–H groups in total. The average Bonchev–Trinajstić information content (AvgIpc) is 2.62. The predicted octanol–water partition coefficient (Wildman–Crippen LogP) is -0.369. The van der Waals surface area contributed by atoms with Crippen LogP contribution in [-0.4, -0.2) is 71.2 Å². The second-order valence-electron chi connectivity index (χ2n) is 6.26. The molecular formula is C17H25FN2O5. The molecule has 25 heavy (non-hydrogen) atoms. The Morgan fingerprint density at radius 1 is 1.40 bits per heavy atom. The number of nitrogens with zero attached hydrogens (tertiary/aromatic N) is 1. The molecule has 1 atom stereocenters. The topological polar surface area (TPSA) is 102 Å². The Morgan fingerprint density at radius 3 is 2.76 bits per heavy atom. The molecule has 2 rings (SSSR count). The Labute approximate surface area is 146 Å². The lowest BCUT2D eigenvalue weighted by atomic mass is 9.91. The van der Waals surface area contributed by atoms with Gasteiger partial charge in [-0.2, -0.15) is 0 Å². The number of carbonyl (C=O) groups is 1. The summed E-state index contributed by atoms with van der Waals surface area (Å²) in [6.07, 6.45) is 0.831. The number of halogens is 1. The van der Waals surface area contributed by atoms with E-state index in [0.29, 0.717) is 24.3 Å². The standard InChI is InChI=1S/C17H25FN2O5/c1-25-14-3-4-15(18)12(7-14)8-20-6-2-5-17(24,16(20)23)11-19-13(9-21)10-22/h3-4,7,13,19,21-22,24H,2,5-6,8-11H2,1H3. The smallest absolute Gasteiger partial charge is 0.256 e. The highest BCUT2D eigenvalue weighted by Gasteiger charge is 2.42. The van der Waals surface area contributed by atoms with Crippen LogP contribution in [0.25, 0.3) is 0 Å². The average molecular weight is 356 g/mol. The molecule has 0 saturated carbocycles. The molecule has 8 heteroatoms. The first kappa shape index (κ1) is 19.6. The lowest BCUT2D eigenvalue weighted by Gasteiger charge is -2.39. The summed E-state index contributed by atoms with van der Waals surface area (Å²) in [6, 6.07) is 3.70. The number of ether oxygens (including phenoxy) is 1. The fraction of sp³-hybridized carbons (Fsp3) is 0.588. The molecule has 1 aliphatic rings. The maximum atomic E-state index is 14.0. The number of piperidine rings is 1. The number of nitrogens with one attached hydrogen (secondary N) is 1. The van der Waals surface area contributed by atoms with Crippen LogP contribution in [0.1, 0.15) is 18.4 Å². The minimum absolute atomic E-state index is 0.0353. The van der Waals surface area contributed by atoms with Gasteiger partial charge < -0.3 is 30.3 Å². The fourth-order valence-corrected chi connectivity index (χ4v) is 2.88. The molecule has 1 unspecified atom stereocenters. The number of hydrogen-bond donors (Lipinski definition) is 4. The summed E-state index contributed by atoms with van der Waals surface area (Å²) >= 11 is 0. The first-order valence-corrected chi connectivity index (χ1v) is 8.23. The van der Waals surface area contributed by atoms with E-state index in [2.05, 4.69) is 5.32 Å². The van der Waals surface area contributed by atoms with Crippen LogP contribution in [0.2, 0.25) is 0 Å². The predicted molar refractivity (Wildman–Crippen MR) is 88.5 cm³/mol. The van der Waals surface area contributed by atoms with Crippen molar-refractivity contribution in [1.29, 1.82) is 0 Å². The molecule has 0 bridgehead atoms. The van der Waals surface area contributed by atoms with Gasteiger partial charge in [-0.3, -0.25) is 4.79 Å². The van der Waals surface area contributed by atoms with Gasteiger partial charge in [0.15, 0.2) is 5.60 Å². The minimum Gasteiger partial charge on any atom is -0.497 e. The highest BCUT2D eigenvalue weighted by atomic mass is 19.1. The monoisotopic (exact) mass is 356 g/mol. The molecule has 1 fully saturated rings. The Morgan fingerprint density at radius 2 is 2.12 bits per heavy atom. The maximum Gasteiger partial charge on any atom is 0.256 e. The summed E-state index contributed by atoms with van der Waals surface area (Å²) in [5, 5.41) is 31.6. The molecule has 1 heterocycles. The first-order chi connectivity index (χ1) is 11.9. The van der Waals surface area contributed by atoms with Crippen molar-refractivity contribution in [3.05, 3.63) is 29.6 Å². The number of methoxy groups -OCH3 is 1. The van der Waals surface area contributed by atoms with Gasteiger partial charge in [-0.1, -0.05) is 0 Å². The number of likely N-dealkylation sites (tertiary alicyclic amines) is 1. The van der Waals surface area contributed by atoms with E-state index < -0.39 is 23.4 Å². The van der Waals surface area contributed by atoms with E-state index in [-0.39, 0.29) is 32.7 Å². The number of carbonyl (C=O) groups excluding carboxylic acids is 1. The second-order valence-corrected chi connectivity index (χ2v) is 6.26. The minimum atomic E-state index is -1.64. The third-order valence-electron chi connectivity index (χ3n) is 4.44. The van der Waals surface area contributed by atoms with Gasteiger partial charge in [0.25, 0.3) is 5.91 Å². The van der Waals surface area contributed by atoms with Crippen molar-refractivity contribution >= 4 is 5.91 Å². The molecule has 0 aromatic heterocycles. The van der Waals surface area contributed by atoms with E-state index in [1.807, 2.05) is 0 Å². The van der Waals surface area contributed by atoms with Crippen molar-refractivity contribution in [2.45, 2.75) is 31.0 Å². The van der Waals surface area contributed by atoms with Crippen LogP contribution in [0, 0.1) is 5.82 Å². The van der Waals surface area contributed by atoms with Crippen LogP contribution in [0.5, 0.6) is 5.75 Å². The van der Waals surface area contributed by atoms with Crippen molar-refractivity contribution in [1.82, 2.24) is 10.2 Å². The normalized spacial score (nSPS) is 21.0. The SMILES string of the molecule is COc1ccc(F)c(CN2CCCC(O)(CNC(CO)CO)C2=O)c1. The molecule has 0 aliphatic carbocycles. The van der Waals surface area contributed by atoms with Crippen molar-refractivity contribution < 1.29 is 29.2 Å². The molecule has 1 amide bonds. The van der Waals surface area contributed by atoms with E-state index in [1.165, 1.54) is 30.2 Å². The van der Waals surface area contributed by atoms with Gasteiger partial charge in [0, 0.05) is 25.2 Å². The lowest BCUT2D eigenvalue weighted by molar-refractivity contribution is -0.157. The Bertz CT molecular complexity index is 596. The van der Waals surface area contributed by atoms with Gasteiger partial charge in [0.05, 0.1) is 26.4 Å². The van der Waals surface area contributed by atoms with E-state index in [4.69, 9.17) is 14.9 Å². The highest BCUT2D eigenvalue weighted by Crippen LogP contribution is 2.25. The van der Waals surface area contributed by atoms with Crippen LogP contribution < -0.4 is 10.1 Å². The Kier molecular flexibility index (Phi) is 6.71. The quantitative estimate of drug-likeness (QED) is 0.507. The number of hydrogen-bond acceptors (Lipinski definition) is 6. The van der Waals surface area contributed by atoms with Gasteiger partial charge in [0.2, 0.25) is 0 Å². The molecular weight excluding hydrogens is 331 g/mol. The third-order valence-corrected chi connectivity index (χ3v) is 4.44. The molecule has 0 spiro atoms. The van der Waals surface area contributed by atoms with Crippen molar-refractivity contribution in [3.63, 3.8) is 0 Å². The Hall–Kier alpha value is -1.74. The van der Waals surface area contributed by atoms with Gasteiger partial charge in [-0.25, -0.2) is 4.39 Å². The number of aliphatic hydroxyl groups excluding tert-OH is 2. The van der Waals surface area contributed by atoms with Crippen molar-refractivity contribution in [2.75, 3.05) is 33.4 Å². The summed E-state index contributed by atoms with van der Waals surface area (Å²) in [5.41, 5.74) is -1.33. The van der Waals surface area contributed by atoms with Gasteiger partial charge in [0.1, 0.15) is 11.6 Å². The van der Waals surface area contributed by atoms with E-state index in [0.717, 1.165) is 0 Å². The summed E-state index contributed by atoms with van der Waals surface area (Å²) in [7, 11) is 1.48. The van der Waals surface area contributed by atoms with Crippen LogP contribution in [0.4, 0.5) is 4.39 Å². The van der Waals surface area contributed by atoms with E-state index in [1.54, 1.807) is 0 Å². The summed E-state index contributed by atoms with van der Waals surface area (Å²) in [4.78, 5) is 14.1. The fourth-order valence-electron chi connectivity index (χ4n) is 2.88. The third kappa shape index (κ3) is 4.66. The molecule has 140 valence electrons. The van der Waals surface area contributed by atoms with Crippen LogP contribution >= 0.6 is 0 Å². The number of amides is 1. The molecule has 1 aliphatic heterocycles. The van der Waals surface area contributed by atoms with Gasteiger partial charge in [-0.15, -0.1) is 0 Å². The molecule has 1 saturated heterocycles. The first-order valence-electron chi connectivity index (χ1n) is 8.23. The number of benzene rings is 1. The largest absolute Gasteiger partial charge is 0.497 e. The molecule has 1 aromatic rings. The summed E-state index contributed by atoms with van der Waals surface area (Å²) in [5.74, 6) is -0.448. The maximum absolute atomic E-state index is 14.0. The summed E-state index contributed by atoms with van der Waals surface area (Å²) in [6.45, 7) is -0.247. The second kappa shape index (κ2) is 8.57. The van der Waals surface area contributed by atoms with E-state index >= 15 is 0 Å². The number of rotatable bonds is 8. The van der Waals surface area contributed by atoms with Crippen LogP contribution in [0.15, 0.2) is 18.2 Å². The Balaban J connectivity index is 2.08. The highest BCUT2D eigenvalue weighted by molar-refractivity contribution is 5.86. The van der Waals surface area contributed by atoms with Gasteiger partial charge in [-0.05, 0) is 31.0 Å². The molecule has 0 radical (unpaired) electrons. The van der Waals surface area contributed by atoms with Crippen molar-refractivity contribution in [3.8, 4) is 5.75 Å². The summed E-state index contributed by atoms with van der Waals surface area (Å²) < 4.78 is 19.1. The van der Waals surface area contributed by atoms with Crippen LogP contribution in [0.3, 0.4) is 0 Å². The van der Waals surface area contributed by atoms with Crippen molar-refractivity contribution in [2.24, 2.45) is 0 Å².